The number of hydrogen-bond acceptors (Lipinski definition) is 1. The molecule has 13 heavy (non-hydrogen) atoms. The smallest absolute Gasteiger partial charge is 0.129 e. The topological polar surface area (TPSA) is 17.1 Å². The number of hydrogen-bond donors (Lipinski definition) is 0. The van der Waals surface area contributed by atoms with Crippen LogP contribution in [0.2, 0.25) is 0 Å². The van der Waals surface area contributed by atoms with E-state index in [1.165, 1.54) is 37.7 Å². The van der Waals surface area contributed by atoms with E-state index in [9.17, 15) is 4.79 Å². The Morgan fingerprint density at radius 3 is 2.92 bits per heavy atom. The summed E-state index contributed by atoms with van der Waals surface area (Å²) in [4.78, 5) is 10.7. The molecule has 0 heterocycles. The van der Waals surface area contributed by atoms with E-state index in [-0.39, 0.29) is 0 Å². The van der Waals surface area contributed by atoms with E-state index in [0.717, 1.165) is 12.8 Å². The van der Waals surface area contributed by atoms with Gasteiger partial charge < -0.3 is 4.79 Å². The minimum atomic E-state index is 0.321. The van der Waals surface area contributed by atoms with Gasteiger partial charge in [-0.25, -0.2) is 0 Å². The third kappa shape index (κ3) is 3.75. The minimum absolute atomic E-state index is 0.321. The SMILES string of the molecule is C=C1CCCCC1CCCC(C)=O. The number of allylic oxidation sites excluding steroid dienone is 1. The molecule has 0 radical (unpaired) electrons. The number of ketones is 1. The maximum atomic E-state index is 10.7. The quantitative estimate of drug-likeness (QED) is 0.605. The average molecular weight is 180 g/mol. The Labute approximate surface area is 81.2 Å². The lowest BCUT2D eigenvalue weighted by Gasteiger charge is -2.24. The molecule has 0 aromatic carbocycles. The Morgan fingerprint density at radius 2 is 2.31 bits per heavy atom. The van der Waals surface area contributed by atoms with E-state index in [1.807, 2.05) is 0 Å². The van der Waals surface area contributed by atoms with Gasteiger partial charge in [0, 0.05) is 6.42 Å². The van der Waals surface area contributed by atoms with E-state index < -0.39 is 0 Å². The van der Waals surface area contributed by atoms with Crippen LogP contribution in [0.4, 0.5) is 0 Å². The van der Waals surface area contributed by atoms with E-state index in [0.29, 0.717) is 11.7 Å². The molecule has 0 amide bonds. The summed E-state index contributed by atoms with van der Waals surface area (Å²) in [5, 5.41) is 0. The number of rotatable bonds is 4. The lowest BCUT2D eigenvalue weighted by atomic mass is 9.82. The van der Waals surface area contributed by atoms with Crippen LogP contribution < -0.4 is 0 Å². The van der Waals surface area contributed by atoms with Gasteiger partial charge in [0.1, 0.15) is 5.78 Å². The minimum Gasteiger partial charge on any atom is -0.300 e. The predicted molar refractivity (Wildman–Crippen MR) is 55.6 cm³/mol. The van der Waals surface area contributed by atoms with E-state index in [2.05, 4.69) is 6.58 Å². The van der Waals surface area contributed by atoms with Crippen molar-refractivity contribution in [2.75, 3.05) is 0 Å². The molecular formula is C12H20O. The second-order valence-corrected chi connectivity index (χ2v) is 4.20. The first-order valence-corrected chi connectivity index (χ1v) is 5.37. The highest BCUT2D eigenvalue weighted by Gasteiger charge is 2.16. The van der Waals surface area contributed by atoms with Crippen LogP contribution >= 0.6 is 0 Å². The fourth-order valence-electron chi connectivity index (χ4n) is 2.10. The third-order valence-electron chi connectivity index (χ3n) is 2.96. The van der Waals surface area contributed by atoms with Crippen molar-refractivity contribution in [1.82, 2.24) is 0 Å². The van der Waals surface area contributed by atoms with Gasteiger partial charge >= 0.3 is 0 Å². The molecule has 0 aromatic heterocycles. The fraction of sp³-hybridized carbons (Fsp3) is 0.750. The molecule has 1 saturated carbocycles. The Hall–Kier alpha value is -0.590. The zero-order valence-corrected chi connectivity index (χ0v) is 8.64. The van der Waals surface area contributed by atoms with Crippen LogP contribution in [-0.2, 0) is 4.79 Å². The largest absolute Gasteiger partial charge is 0.300 e. The van der Waals surface area contributed by atoms with Crippen LogP contribution in [0.25, 0.3) is 0 Å². The third-order valence-corrected chi connectivity index (χ3v) is 2.96. The molecule has 0 aromatic rings. The molecular weight excluding hydrogens is 160 g/mol. The van der Waals surface area contributed by atoms with Gasteiger partial charge in [-0.1, -0.05) is 18.6 Å². The molecule has 1 rings (SSSR count). The van der Waals surface area contributed by atoms with Crippen LogP contribution in [0.15, 0.2) is 12.2 Å². The molecule has 1 aliphatic carbocycles. The van der Waals surface area contributed by atoms with Crippen molar-refractivity contribution in [3.8, 4) is 0 Å². The van der Waals surface area contributed by atoms with Gasteiger partial charge in [0.25, 0.3) is 0 Å². The van der Waals surface area contributed by atoms with Crippen LogP contribution in [0.1, 0.15) is 51.9 Å². The normalized spacial score (nSPS) is 23.2. The lowest BCUT2D eigenvalue weighted by molar-refractivity contribution is -0.117. The molecule has 1 unspecified atom stereocenters. The number of carbonyl (C=O) groups excluding carboxylic acids is 1. The van der Waals surface area contributed by atoms with Gasteiger partial charge in [-0.3, -0.25) is 0 Å². The van der Waals surface area contributed by atoms with Crippen LogP contribution in [-0.4, -0.2) is 5.78 Å². The van der Waals surface area contributed by atoms with Crippen LogP contribution in [0.3, 0.4) is 0 Å². The van der Waals surface area contributed by atoms with Gasteiger partial charge in [0.05, 0.1) is 0 Å². The summed E-state index contributed by atoms with van der Waals surface area (Å²) < 4.78 is 0. The monoisotopic (exact) mass is 180 g/mol. The summed E-state index contributed by atoms with van der Waals surface area (Å²) in [6, 6.07) is 0. The van der Waals surface area contributed by atoms with Crippen molar-refractivity contribution in [2.45, 2.75) is 51.9 Å². The Balaban J connectivity index is 2.19. The Bertz CT molecular complexity index is 193. The van der Waals surface area contributed by atoms with Crippen molar-refractivity contribution in [2.24, 2.45) is 5.92 Å². The molecule has 1 atom stereocenters. The first kappa shape index (κ1) is 10.5. The summed E-state index contributed by atoms with van der Waals surface area (Å²) in [6.45, 7) is 5.78. The molecule has 0 N–H and O–H groups in total. The highest BCUT2D eigenvalue weighted by atomic mass is 16.1. The summed E-state index contributed by atoms with van der Waals surface area (Å²) >= 11 is 0. The van der Waals surface area contributed by atoms with E-state index >= 15 is 0 Å². The predicted octanol–water partition coefficient (Wildman–Crippen LogP) is 3.49. The van der Waals surface area contributed by atoms with Gasteiger partial charge in [0.15, 0.2) is 0 Å². The zero-order chi connectivity index (χ0) is 9.68. The molecule has 0 aliphatic heterocycles. The van der Waals surface area contributed by atoms with E-state index in [4.69, 9.17) is 0 Å². The summed E-state index contributed by atoms with van der Waals surface area (Å²) in [5.41, 5.74) is 1.43. The van der Waals surface area contributed by atoms with Gasteiger partial charge in [-0.2, -0.15) is 0 Å². The second-order valence-electron chi connectivity index (χ2n) is 4.20. The summed E-state index contributed by atoms with van der Waals surface area (Å²) in [7, 11) is 0. The molecule has 1 fully saturated rings. The second kappa shape index (κ2) is 5.21. The van der Waals surface area contributed by atoms with Crippen molar-refractivity contribution in [1.29, 1.82) is 0 Å². The molecule has 0 bridgehead atoms. The summed E-state index contributed by atoms with van der Waals surface area (Å²) in [6.07, 6.45) is 8.18. The highest BCUT2D eigenvalue weighted by Crippen LogP contribution is 2.31. The number of carbonyl (C=O) groups is 1. The molecule has 1 nitrogen and oxygen atoms in total. The van der Waals surface area contributed by atoms with Crippen molar-refractivity contribution in [3.05, 3.63) is 12.2 Å². The van der Waals surface area contributed by atoms with Crippen molar-refractivity contribution in [3.63, 3.8) is 0 Å². The summed E-state index contributed by atoms with van der Waals surface area (Å²) in [5.74, 6) is 1.04. The molecule has 1 heteroatoms. The maximum Gasteiger partial charge on any atom is 0.129 e. The zero-order valence-electron chi connectivity index (χ0n) is 8.64. The van der Waals surface area contributed by atoms with Crippen LogP contribution in [0.5, 0.6) is 0 Å². The molecule has 0 spiro atoms. The first-order valence-electron chi connectivity index (χ1n) is 5.37. The Kier molecular flexibility index (Phi) is 4.20. The molecule has 0 saturated heterocycles. The first-order chi connectivity index (χ1) is 6.20. The maximum absolute atomic E-state index is 10.7. The van der Waals surface area contributed by atoms with Gasteiger partial charge in [0.2, 0.25) is 0 Å². The van der Waals surface area contributed by atoms with Crippen molar-refractivity contribution < 1.29 is 4.79 Å². The van der Waals surface area contributed by atoms with Crippen molar-refractivity contribution >= 4 is 5.78 Å². The highest BCUT2D eigenvalue weighted by molar-refractivity contribution is 5.75. The van der Waals surface area contributed by atoms with E-state index in [1.54, 1.807) is 6.92 Å². The van der Waals surface area contributed by atoms with Gasteiger partial charge in [-0.05, 0) is 44.9 Å². The average Bonchev–Trinajstić information content (AvgIpc) is 2.08. The molecule has 74 valence electrons. The standard InChI is InChI=1S/C12H20O/c1-10-6-3-4-8-12(10)9-5-7-11(2)13/h12H,1,3-9H2,2H3. The Morgan fingerprint density at radius 1 is 1.54 bits per heavy atom. The lowest BCUT2D eigenvalue weighted by Crippen LogP contribution is -2.09. The number of Topliss-reactive ketones (excluding diaryl/α,β-unsaturated/α-hetero) is 1. The molecule has 1 aliphatic rings. The van der Waals surface area contributed by atoms with Crippen LogP contribution in [0, 0.1) is 5.92 Å². The van der Waals surface area contributed by atoms with Gasteiger partial charge in [-0.15, -0.1) is 0 Å². The fourth-order valence-corrected chi connectivity index (χ4v) is 2.10.